The van der Waals surface area contributed by atoms with E-state index in [0.29, 0.717) is 6.04 Å². The topological polar surface area (TPSA) is 24.9 Å². The van der Waals surface area contributed by atoms with E-state index in [1.165, 1.54) is 0 Å². The smallest absolute Gasteiger partial charge is 0.129 e. The molecule has 1 atom stereocenters. The third-order valence-electron chi connectivity index (χ3n) is 2.24. The lowest BCUT2D eigenvalue weighted by molar-refractivity contribution is 0.710. The number of pyridine rings is 1. The fourth-order valence-corrected chi connectivity index (χ4v) is 1.77. The number of terminal acetylenes is 1. The Morgan fingerprint density at radius 2 is 2.40 bits per heavy atom. The lowest BCUT2D eigenvalue weighted by atomic mass is 10.1. The minimum atomic E-state index is 0.308. The van der Waals surface area contributed by atoms with Crippen molar-refractivity contribution in [3.05, 3.63) is 22.3 Å². The summed E-state index contributed by atoms with van der Waals surface area (Å²) in [7, 11) is 0. The van der Waals surface area contributed by atoms with Crippen LogP contribution in [0.15, 0.2) is 16.7 Å². The molecule has 0 saturated carbocycles. The number of rotatable bonds is 4. The van der Waals surface area contributed by atoms with Crippen LogP contribution in [0.4, 0.5) is 5.82 Å². The number of hydrogen-bond donors (Lipinski definition) is 1. The second-order valence-corrected chi connectivity index (χ2v) is 4.39. The molecule has 0 aliphatic rings. The molecule has 1 N–H and O–H groups in total. The number of hydrogen-bond acceptors (Lipinski definition) is 2. The van der Waals surface area contributed by atoms with Gasteiger partial charge in [-0.05, 0) is 40.9 Å². The normalized spacial score (nSPS) is 11.9. The molecular formula is C12H15BrN2. The first-order valence-electron chi connectivity index (χ1n) is 4.99. The van der Waals surface area contributed by atoms with Gasteiger partial charge in [0.2, 0.25) is 0 Å². The molecular weight excluding hydrogens is 252 g/mol. The van der Waals surface area contributed by atoms with Crippen LogP contribution in [-0.4, -0.2) is 11.0 Å². The van der Waals surface area contributed by atoms with Crippen LogP contribution in [0.2, 0.25) is 0 Å². The van der Waals surface area contributed by atoms with Gasteiger partial charge >= 0.3 is 0 Å². The molecule has 0 fully saturated rings. The van der Waals surface area contributed by atoms with Gasteiger partial charge in [0.15, 0.2) is 0 Å². The maximum atomic E-state index is 5.30. The number of aryl methyl sites for hydroxylation is 1. The van der Waals surface area contributed by atoms with E-state index < -0.39 is 0 Å². The Labute approximate surface area is 99.6 Å². The minimum absolute atomic E-state index is 0.308. The molecule has 0 radical (unpaired) electrons. The minimum Gasteiger partial charge on any atom is -0.366 e. The quantitative estimate of drug-likeness (QED) is 0.846. The standard InChI is InChI=1S/C12H15BrN2/c1-4-6-11(5-2)15-12-9(3)7-10(13)8-14-12/h1,7-8,11H,5-6H2,2-3H3,(H,14,15). The third-order valence-corrected chi connectivity index (χ3v) is 2.68. The lowest BCUT2D eigenvalue weighted by Crippen LogP contribution is -2.19. The SMILES string of the molecule is C#CCC(CC)Nc1ncc(Br)cc1C. The van der Waals surface area contributed by atoms with Gasteiger partial charge in [0, 0.05) is 23.1 Å². The number of halogens is 1. The molecule has 2 nitrogen and oxygen atoms in total. The number of anilines is 1. The highest BCUT2D eigenvalue weighted by Gasteiger charge is 2.07. The van der Waals surface area contributed by atoms with Crippen LogP contribution >= 0.6 is 15.9 Å². The zero-order valence-corrected chi connectivity index (χ0v) is 10.6. The molecule has 1 aromatic heterocycles. The van der Waals surface area contributed by atoms with Crippen molar-refractivity contribution in [2.24, 2.45) is 0 Å². The molecule has 1 aromatic rings. The first kappa shape index (κ1) is 12.1. The summed E-state index contributed by atoms with van der Waals surface area (Å²) in [6.45, 7) is 4.14. The Balaban J connectivity index is 2.75. The molecule has 0 bridgehead atoms. The van der Waals surface area contributed by atoms with Gasteiger partial charge in [-0.3, -0.25) is 0 Å². The van der Waals surface area contributed by atoms with Crippen LogP contribution in [0.1, 0.15) is 25.3 Å². The predicted octanol–water partition coefficient (Wildman–Crippen LogP) is 3.37. The van der Waals surface area contributed by atoms with Crippen LogP contribution in [0.25, 0.3) is 0 Å². The van der Waals surface area contributed by atoms with Crippen molar-refractivity contribution < 1.29 is 0 Å². The van der Waals surface area contributed by atoms with Gasteiger partial charge in [0.1, 0.15) is 5.82 Å². The summed E-state index contributed by atoms with van der Waals surface area (Å²) in [5.74, 6) is 3.59. The van der Waals surface area contributed by atoms with Gasteiger partial charge < -0.3 is 5.32 Å². The highest BCUT2D eigenvalue weighted by atomic mass is 79.9. The predicted molar refractivity (Wildman–Crippen MR) is 67.8 cm³/mol. The van der Waals surface area contributed by atoms with E-state index in [9.17, 15) is 0 Å². The van der Waals surface area contributed by atoms with Crippen molar-refractivity contribution in [3.63, 3.8) is 0 Å². The Morgan fingerprint density at radius 3 is 2.93 bits per heavy atom. The van der Waals surface area contributed by atoms with Crippen molar-refractivity contribution in [2.75, 3.05) is 5.32 Å². The Bertz CT molecular complexity index is 368. The molecule has 0 aromatic carbocycles. The van der Waals surface area contributed by atoms with E-state index in [0.717, 1.165) is 28.7 Å². The number of aromatic nitrogens is 1. The van der Waals surface area contributed by atoms with Crippen LogP contribution in [0.5, 0.6) is 0 Å². The second kappa shape index (κ2) is 5.77. The van der Waals surface area contributed by atoms with Crippen LogP contribution in [0, 0.1) is 19.3 Å². The molecule has 1 heterocycles. The van der Waals surface area contributed by atoms with Crippen LogP contribution in [-0.2, 0) is 0 Å². The van der Waals surface area contributed by atoms with Crippen molar-refractivity contribution in [2.45, 2.75) is 32.7 Å². The summed E-state index contributed by atoms with van der Waals surface area (Å²) in [5.41, 5.74) is 1.12. The first-order valence-corrected chi connectivity index (χ1v) is 5.78. The summed E-state index contributed by atoms with van der Waals surface area (Å²) >= 11 is 3.39. The van der Waals surface area contributed by atoms with E-state index in [1.807, 2.05) is 13.0 Å². The summed E-state index contributed by atoms with van der Waals surface area (Å²) < 4.78 is 0.996. The highest BCUT2D eigenvalue weighted by molar-refractivity contribution is 9.10. The molecule has 3 heteroatoms. The molecule has 0 amide bonds. The van der Waals surface area contributed by atoms with Gasteiger partial charge in [0.05, 0.1) is 0 Å². The summed E-state index contributed by atoms with van der Waals surface area (Å²) in [5, 5.41) is 3.35. The Morgan fingerprint density at radius 1 is 1.67 bits per heavy atom. The molecule has 15 heavy (non-hydrogen) atoms. The van der Waals surface area contributed by atoms with Crippen LogP contribution < -0.4 is 5.32 Å². The molecule has 1 rings (SSSR count). The molecule has 0 saturated heterocycles. The molecule has 0 aliphatic heterocycles. The van der Waals surface area contributed by atoms with E-state index in [4.69, 9.17) is 6.42 Å². The van der Waals surface area contributed by atoms with E-state index in [2.05, 4.69) is 39.1 Å². The average molecular weight is 267 g/mol. The fraction of sp³-hybridized carbons (Fsp3) is 0.417. The van der Waals surface area contributed by atoms with E-state index in [-0.39, 0.29) is 0 Å². The van der Waals surface area contributed by atoms with Gasteiger partial charge in [-0.1, -0.05) is 6.92 Å². The zero-order valence-electron chi connectivity index (χ0n) is 9.05. The van der Waals surface area contributed by atoms with Gasteiger partial charge in [-0.15, -0.1) is 12.3 Å². The number of nitrogens with zero attached hydrogens (tertiary/aromatic N) is 1. The fourth-order valence-electron chi connectivity index (χ4n) is 1.32. The van der Waals surface area contributed by atoms with E-state index in [1.54, 1.807) is 6.20 Å². The zero-order chi connectivity index (χ0) is 11.3. The molecule has 0 aliphatic carbocycles. The maximum absolute atomic E-state index is 5.30. The maximum Gasteiger partial charge on any atom is 0.129 e. The lowest BCUT2D eigenvalue weighted by Gasteiger charge is -2.16. The number of nitrogens with one attached hydrogen (secondary N) is 1. The Hall–Kier alpha value is -1.01. The van der Waals surface area contributed by atoms with Gasteiger partial charge in [-0.2, -0.15) is 0 Å². The van der Waals surface area contributed by atoms with Crippen LogP contribution in [0.3, 0.4) is 0 Å². The van der Waals surface area contributed by atoms with Gasteiger partial charge in [-0.25, -0.2) is 4.98 Å². The molecule has 80 valence electrons. The largest absolute Gasteiger partial charge is 0.366 e. The summed E-state index contributed by atoms with van der Waals surface area (Å²) in [4.78, 5) is 4.32. The van der Waals surface area contributed by atoms with Crippen molar-refractivity contribution >= 4 is 21.7 Å². The first-order chi connectivity index (χ1) is 7.17. The summed E-state index contributed by atoms with van der Waals surface area (Å²) in [6, 6.07) is 2.35. The average Bonchev–Trinajstić information content (AvgIpc) is 2.21. The van der Waals surface area contributed by atoms with Crippen molar-refractivity contribution in [3.8, 4) is 12.3 Å². The molecule has 1 unspecified atom stereocenters. The van der Waals surface area contributed by atoms with Crippen molar-refractivity contribution in [1.82, 2.24) is 4.98 Å². The van der Waals surface area contributed by atoms with Crippen molar-refractivity contribution in [1.29, 1.82) is 0 Å². The highest BCUT2D eigenvalue weighted by Crippen LogP contribution is 2.18. The van der Waals surface area contributed by atoms with Gasteiger partial charge in [0.25, 0.3) is 0 Å². The monoisotopic (exact) mass is 266 g/mol. The third kappa shape index (κ3) is 3.56. The second-order valence-electron chi connectivity index (χ2n) is 3.48. The van der Waals surface area contributed by atoms with E-state index >= 15 is 0 Å². The Kier molecular flexibility index (Phi) is 4.64. The molecule has 0 spiro atoms. The summed E-state index contributed by atoms with van der Waals surface area (Å²) in [6.07, 6.45) is 8.82.